The molecule has 8 heteroatoms. The summed E-state index contributed by atoms with van der Waals surface area (Å²) in [5.74, 6) is -0.380. The Labute approximate surface area is 177 Å². The van der Waals surface area contributed by atoms with Gasteiger partial charge in [0.25, 0.3) is 5.56 Å². The van der Waals surface area contributed by atoms with Crippen LogP contribution >= 0.6 is 23.2 Å². The summed E-state index contributed by atoms with van der Waals surface area (Å²) < 4.78 is 1.14. The molecular formula is C21H16Cl2N4O2. The molecule has 3 aromatic rings. The lowest BCUT2D eigenvalue weighted by molar-refractivity contribution is 0.404. The number of nitriles is 1. The van der Waals surface area contributed by atoms with E-state index >= 15 is 0 Å². The van der Waals surface area contributed by atoms with Crippen LogP contribution in [0.5, 0.6) is 5.88 Å². The van der Waals surface area contributed by atoms with Crippen LogP contribution in [0.3, 0.4) is 0 Å². The number of rotatable bonds is 5. The topological polar surface area (TPSA) is 90.7 Å². The number of aryl methyl sites for hydroxylation is 1. The molecule has 0 aliphatic carbocycles. The Kier molecular flexibility index (Phi) is 6.32. The fraction of sp³-hybridized carbons (Fsp3) is 0.143. The predicted molar refractivity (Wildman–Crippen MR) is 113 cm³/mol. The van der Waals surface area contributed by atoms with Gasteiger partial charge in [0.15, 0.2) is 5.69 Å². The van der Waals surface area contributed by atoms with Crippen molar-refractivity contribution in [2.45, 2.75) is 19.9 Å². The molecular weight excluding hydrogens is 411 g/mol. The van der Waals surface area contributed by atoms with Gasteiger partial charge in [-0.1, -0.05) is 53.5 Å². The molecule has 0 saturated carbocycles. The standard InChI is InChI=1S/C21H16Cl2N4O2/c1-13-16(12-24)20(28)27(10-9-14-5-3-2-4-6-14)21(29)19(13)26-25-18-8-7-15(22)11-17(18)23/h2-8,11,28H,9-10H2,1H3. The van der Waals surface area contributed by atoms with E-state index in [1.54, 1.807) is 19.1 Å². The smallest absolute Gasteiger partial charge is 0.281 e. The molecule has 0 bridgehead atoms. The Balaban J connectivity index is 2.03. The third-order valence-corrected chi connectivity index (χ3v) is 4.94. The van der Waals surface area contributed by atoms with Crippen LogP contribution in [-0.4, -0.2) is 9.67 Å². The molecule has 1 aromatic heterocycles. The minimum absolute atomic E-state index is 0.0196. The summed E-state index contributed by atoms with van der Waals surface area (Å²) in [6.45, 7) is 1.73. The Morgan fingerprint density at radius 1 is 1.14 bits per heavy atom. The van der Waals surface area contributed by atoms with Gasteiger partial charge in [-0.25, -0.2) is 0 Å². The van der Waals surface area contributed by atoms with Crippen molar-refractivity contribution in [1.29, 1.82) is 5.26 Å². The van der Waals surface area contributed by atoms with E-state index in [1.807, 2.05) is 36.4 Å². The first-order valence-electron chi connectivity index (χ1n) is 8.69. The van der Waals surface area contributed by atoms with Crippen molar-refractivity contribution in [1.82, 2.24) is 4.57 Å². The highest BCUT2D eigenvalue weighted by molar-refractivity contribution is 6.36. The van der Waals surface area contributed by atoms with E-state index in [9.17, 15) is 15.2 Å². The maximum Gasteiger partial charge on any atom is 0.281 e. The summed E-state index contributed by atoms with van der Waals surface area (Å²) in [4.78, 5) is 12.9. The van der Waals surface area contributed by atoms with Crippen LogP contribution in [-0.2, 0) is 13.0 Å². The lowest BCUT2D eigenvalue weighted by Gasteiger charge is -2.13. The molecule has 0 aliphatic heterocycles. The fourth-order valence-electron chi connectivity index (χ4n) is 2.82. The quantitative estimate of drug-likeness (QED) is 0.530. The van der Waals surface area contributed by atoms with Crippen molar-refractivity contribution in [2.75, 3.05) is 0 Å². The van der Waals surface area contributed by atoms with Crippen LogP contribution in [0.15, 0.2) is 63.6 Å². The first kappa shape index (κ1) is 20.6. The van der Waals surface area contributed by atoms with Crippen molar-refractivity contribution in [3.63, 3.8) is 0 Å². The molecule has 29 heavy (non-hydrogen) atoms. The zero-order valence-corrected chi connectivity index (χ0v) is 16.9. The number of azo groups is 1. The minimum Gasteiger partial charge on any atom is -0.493 e. The number of aromatic nitrogens is 1. The second kappa shape index (κ2) is 8.91. The predicted octanol–water partition coefficient (Wildman–Crippen LogP) is 5.70. The molecule has 0 unspecified atom stereocenters. The van der Waals surface area contributed by atoms with Crippen molar-refractivity contribution in [3.05, 3.63) is 85.6 Å². The number of hydrogen-bond acceptors (Lipinski definition) is 5. The van der Waals surface area contributed by atoms with Crippen LogP contribution in [0.1, 0.15) is 16.7 Å². The molecule has 146 valence electrons. The number of nitrogens with zero attached hydrogens (tertiary/aromatic N) is 4. The lowest BCUT2D eigenvalue weighted by atomic mass is 10.1. The van der Waals surface area contributed by atoms with E-state index in [2.05, 4.69) is 10.2 Å². The van der Waals surface area contributed by atoms with Crippen LogP contribution in [0.25, 0.3) is 0 Å². The van der Waals surface area contributed by atoms with E-state index in [-0.39, 0.29) is 34.3 Å². The molecule has 6 nitrogen and oxygen atoms in total. The number of aromatic hydroxyl groups is 1. The summed E-state index contributed by atoms with van der Waals surface area (Å²) in [5, 5.41) is 28.7. The van der Waals surface area contributed by atoms with Crippen molar-refractivity contribution >= 4 is 34.6 Å². The summed E-state index contributed by atoms with van der Waals surface area (Å²) in [7, 11) is 0. The molecule has 0 aliphatic rings. The normalized spacial score (nSPS) is 11.0. The molecule has 0 fully saturated rings. The van der Waals surface area contributed by atoms with E-state index in [1.165, 1.54) is 6.07 Å². The number of hydrogen-bond donors (Lipinski definition) is 1. The van der Waals surface area contributed by atoms with E-state index in [4.69, 9.17) is 23.2 Å². The van der Waals surface area contributed by atoms with Gasteiger partial charge in [0, 0.05) is 17.1 Å². The fourth-order valence-corrected chi connectivity index (χ4v) is 3.26. The van der Waals surface area contributed by atoms with Gasteiger partial charge in [-0.2, -0.15) is 5.26 Å². The second-order valence-electron chi connectivity index (χ2n) is 6.27. The molecule has 1 N–H and O–H groups in total. The van der Waals surface area contributed by atoms with Crippen molar-refractivity contribution < 1.29 is 5.11 Å². The lowest BCUT2D eigenvalue weighted by Crippen LogP contribution is -2.22. The Morgan fingerprint density at radius 3 is 2.52 bits per heavy atom. The summed E-state index contributed by atoms with van der Waals surface area (Å²) in [5.41, 5.74) is 0.988. The molecule has 3 rings (SSSR count). The van der Waals surface area contributed by atoms with Gasteiger partial charge in [0.1, 0.15) is 17.3 Å². The van der Waals surface area contributed by atoms with Crippen LogP contribution in [0.4, 0.5) is 11.4 Å². The zero-order chi connectivity index (χ0) is 21.0. The van der Waals surface area contributed by atoms with Gasteiger partial charge in [0.2, 0.25) is 5.88 Å². The Hall–Kier alpha value is -3.14. The van der Waals surface area contributed by atoms with Crippen LogP contribution in [0, 0.1) is 18.3 Å². The molecule has 0 radical (unpaired) electrons. The maximum absolute atomic E-state index is 12.9. The first-order chi connectivity index (χ1) is 13.9. The average Bonchev–Trinajstić information content (AvgIpc) is 2.70. The average molecular weight is 427 g/mol. The molecule has 0 atom stereocenters. The third-order valence-electron chi connectivity index (χ3n) is 4.40. The number of benzene rings is 2. The molecule has 0 saturated heterocycles. The molecule has 0 amide bonds. The highest BCUT2D eigenvalue weighted by Crippen LogP contribution is 2.31. The monoisotopic (exact) mass is 426 g/mol. The Bertz CT molecular complexity index is 1180. The number of halogens is 2. The first-order valence-corrected chi connectivity index (χ1v) is 9.45. The van der Waals surface area contributed by atoms with Crippen molar-refractivity contribution in [2.24, 2.45) is 10.2 Å². The molecule has 0 spiro atoms. The Morgan fingerprint density at radius 2 is 1.86 bits per heavy atom. The van der Waals surface area contributed by atoms with Gasteiger partial charge in [-0.3, -0.25) is 9.36 Å². The van der Waals surface area contributed by atoms with Crippen molar-refractivity contribution in [3.8, 4) is 11.9 Å². The van der Waals surface area contributed by atoms with Crippen LogP contribution < -0.4 is 5.56 Å². The SMILES string of the molecule is Cc1c(C#N)c(O)n(CCc2ccccc2)c(=O)c1N=Nc1ccc(Cl)cc1Cl. The molecule has 1 heterocycles. The van der Waals surface area contributed by atoms with E-state index < -0.39 is 5.56 Å². The highest BCUT2D eigenvalue weighted by Gasteiger charge is 2.19. The maximum atomic E-state index is 12.9. The largest absolute Gasteiger partial charge is 0.493 e. The van der Waals surface area contributed by atoms with Gasteiger partial charge in [-0.15, -0.1) is 10.2 Å². The summed E-state index contributed by atoms with van der Waals surface area (Å²) in [6.07, 6.45) is 0.502. The minimum atomic E-state index is -0.538. The van der Waals surface area contributed by atoms with Gasteiger partial charge in [0.05, 0.1) is 5.02 Å². The van der Waals surface area contributed by atoms with Gasteiger partial charge >= 0.3 is 0 Å². The highest BCUT2D eigenvalue weighted by atomic mass is 35.5. The molecule has 2 aromatic carbocycles. The second-order valence-corrected chi connectivity index (χ2v) is 7.12. The third kappa shape index (κ3) is 4.48. The van der Waals surface area contributed by atoms with Gasteiger partial charge < -0.3 is 5.11 Å². The van der Waals surface area contributed by atoms with Crippen LogP contribution in [0.2, 0.25) is 10.0 Å². The van der Waals surface area contributed by atoms with Gasteiger partial charge in [-0.05, 0) is 37.1 Å². The summed E-state index contributed by atoms with van der Waals surface area (Å²) in [6, 6.07) is 16.1. The zero-order valence-electron chi connectivity index (χ0n) is 15.4. The summed E-state index contributed by atoms with van der Waals surface area (Å²) >= 11 is 12.0. The number of pyridine rings is 1. The van der Waals surface area contributed by atoms with E-state index in [0.29, 0.717) is 17.1 Å². The van der Waals surface area contributed by atoms with E-state index in [0.717, 1.165) is 10.1 Å².